The van der Waals surface area contributed by atoms with Crippen molar-refractivity contribution in [1.82, 2.24) is 4.98 Å². The number of nitrogens with one attached hydrogen (secondary N) is 2. The van der Waals surface area contributed by atoms with Crippen molar-refractivity contribution in [1.29, 1.82) is 0 Å². The van der Waals surface area contributed by atoms with Gasteiger partial charge in [-0.15, -0.1) is 11.3 Å². The van der Waals surface area contributed by atoms with Crippen LogP contribution in [0.1, 0.15) is 47.1 Å². The van der Waals surface area contributed by atoms with E-state index >= 15 is 0 Å². The number of methoxy groups -OCH3 is 1. The Morgan fingerprint density at radius 3 is 2.53 bits per heavy atom. The molecule has 1 atom stereocenters. The van der Waals surface area contributed by atoms with Crippen molar-refractivity contribution < 1.29 is 14.1 Å². The predicted molar refractivity (Wildman–Crippen MR) is 149 cm³/mol. The summed E-state index contributed by atoms with van der Waals surface area (Å²) in [5.41, 5.74) is 11.9. The Morgan fingerprint density at radius 1 is 1.25 bits per heavy atom. The Morgan fingerprint density at radius 2 is 1.94 bits per heavy atom. The summed E-state index contributed by atoms with van der Waals surface area (Å²) >= 11 is 0.0770. The molecule has 0 spiro atoms. The van der Waals surface area contributed by atoms with E-state index in [4.69, 9.17) is 16.3 Å². The highest BCUT2D eigenvalue weighted by Gasteiger charge is 2.23. The summed E-state index contributed by atoms with van der Waals surface area (Å²) in [5, 5.41) is 4.33. The third kappa shape index (κ3) is 6.49. The predicted octanol–water partition coefficient (Wildman–Crippen LogP) is 4.35. The zero-order valence-corrected chi connectivity index (χ0v) is 22.8. The van der Waals surface area contributed by atoms with E-state index in [-0.39, 0.29) is 11.3 Å². The molecule has 9 nitrogen and oxygen atoms in total. The van der Waals surface area contributed by atoms with Crippen LogP contribution in [0.4, 0.5) is 17.1 Å². The second kappa shape index (κ2) is 11.2. The normalized spacial score (nSPS) is 12.7. The number of amides is 1. The number of hydrogen-bond acceptors (Lipinski definition) is 9. The highest BCUT2D eigenvalue weighted by atomic mass is 32.2. The molecule has 1 heterocycles. The fourth-order valence-electron chi connectivity index (χ4n) is 3.47. The molecule has 1 amide bonds. The minimum atomic E-state index is -1.33. The van der Waals surface area contributed by atoms with Gasteiger partial charge in [0, 0.05) is 18.0 Å². The molecule has 0 radical (unpaired) electrons. The summed E-state index contributed by atoms with van der Waals surface area (Å²) < 4.78 is 20.4. The molecular formula is C25H32N6O3S2. The van der Waals surface area contributed by atoms with Gasteiger partial charge in [0.05, 0.1) is 45.9 Å². The lowest BCUT2D eigenvalue weighted by Crippen LogP contribution is -2.27. The van der Waals surface area contributed by atoms with Crippen LogP contribution in [0, 0.1) is 6.92 Å². The second-order valence-electron chi connectivity index (χ2n) is 9.22. The molecule has 1 unspecified atom stereocenters. The highest BCUT2D eigenvalue weighted by Crippen LogP contribution is 2.39. The molecule has 3 rings (SSSR count). The van der Waals surface area contributed by atoms with Gasteiger partial charge in [-0.1, -0.05) is 26.8 Å². The van der Waals surface area contributed by atoms with E-state index in [1.807, 2.05) is 25.1 Å². The molecular weight excluding hydrogens is 496 g/mol. The lowest BCUT2D eigenvalue weighted by atomic mass is 9.86. The molecule has 1 aromatic heterocycles. The maximum Gasteiger partial charge on any atom is 0.255 e. The maximum atomic E-state index is 13.3. The smallest absolute Gasteiger partial charge is 0.255 e. The van der Waals surface area contributed by atoms with Gasteiger partial charge in [0.25, 0.3) is 5.91 Å². The van der Waals surface area contributed by atoms with Crippen molar-refractivity contribution in [3.05, 3.63) is 69.8 Å². The maximum absolute atomic E-state index is 13.3. The molecule has 0 bridgehead atoms. The summed E-state index contributed by atoms with van der Waals surface area (Å²) in [6, 6.07) is 8.98. The van der Waals surface area contributed by atoms with Gasteiger partial charge in [-0.05, 0) is 47.7 Å². The van der Waals surface area contributed by atoms with E-state index < -0.39 is 11.4 Å². The van der Waals surface area contributed by atoms with Crippen molar-refractivity contribution in [3.63, 3.8) is 0 Å². The van der Waals surface area contributed by atoms with Gasteiger partial charge >= 0.3 is 0 Å². The number of hydrogen-bond donors (Lipinski definition) is 4. The summed E-state index contributed by atoms with van der Waals surface area (Å²) in [6.07, 6.45) is 4.79. The standard InChI is InChI=1S/C25H32N6O3S2/c1-15-7-8-16(9-21(15)31(27)13-18(26)22-12-28-14-35-22)24(32)29-19-10-17(25(2,3)4)11-20(23(19)34-5)30-36(6)33/h7-14,30H,26-27H2,1-6H3,(H,29,32)/b18-13-. The molecule has 0 fully saturated rings. The summed E-state index contributed by atoms with van der Waals surface area (Å²) in [4.78, 5) is 18.1. The zero-order chi connectivity index (χ0) is 26.6. The lowest BCUT2D eigenvalue weighted by molar-refractivity contribution is 0.102. The van der Waals surface area contributed by atoms with Crippen LogP contribution in [0.5, 0.6) is 5.75 Å². The van der Waals surface area contributed by atoms with Gasteiger partial charge in [-0.25, -0.2) is 10.6 Å². The van der Waals surface area contributed by atoms with Crippen molar-refractivity contribution in [2.75, 3.05) is 28.4 Å². The third-order valence-electron chi connectivity index (χ3n) is 5.41. The highest BCUT2D eigenvalue weighted by molar-refractivity contribution is 7.92. The van der Waals surface area contributed by atoms with Gasteiger partial charge in [0.1, 0.15) is 11.9 Å². The van der Waals surface area contributed by atoms with Crippen LogP contribution < -0.4 is 31.4 Å². The fraction of sp³-hybridized carbons (Fsp3) is 0.280. The van der Waals surface area contributed by atoms with Crippen LogP contribution in [0.2, 0.25) is 0 Å². The lowest BCUT2D eigenvalue weighted by Gasteiger charge is -2.24. The summed E-state index contributed by atoms with van der Waals surface area (Å²) in [6.45, 7) is 8.06. The van der Waals surface area contributed by atoms with Crippen molar-refractivity contribution in [2.45, 2.75) is 33.1 Å². The SMILES string of the molecule is COc1c(NC(=O)c2ccc(C)c(N(N)/C=C(\N)c3cncs3)c2)cc(C(C)(C)C)cc1N[S+](C)[O-]. The number of hydrazine groups is 1. The number of carbonyl (C=O) groups is 1. The van der Waals surface area contributed by atoms with Gasteiger partial charge < -0.3 is 20.3 Å². The number of aryl methyl sites for hydroxylation is 1. The number of thiazole rings is 1. The summed E-state index contributed by atoms with van der Waals surface area (Å²) in [7, 11) is 1.50. The minimum absolute atomic E-state index is 0.223. The van der Waals surface area contributed by atoms with Gasteiger partial charge in [-0.2, -0.15) is 0 Å². The van der Waals surface area contributed by atoms with E-state index in [1.165, 1.54) is 29.7 Å². The Bertz CT molecular complexity index is 1250. The van der Waals surface area contributed by atoms with E-state index in [2.05, 4.69) is 35.8 Å². The first kappa shape index (κ1) is 27.3. The van der Waals surface area contributed by atoms with Gasteiger partial charge in [-0.3, -0.25) is 14.8 Å². The Kier molecular flexibility index (Phi) is 8.51. The monoisotopic (exact) mass is 528 g/mol. The number of aromatic nitrogens is 1. The first-order chi connectivity index (χ1) is 16.9. The molecule has 0 saturated carbocycles. The Labute approximate surface area is 218 Å². The van der Waals surface area contributed by atoms with E-state index in [0.29, 0.717) is 34.1 Å². The van der Waals surface area contributed by atoms with E-state index in [0.717, 1.165) is 16.0 Å². The number of anilines is 3. The van der Waals surface area contributed by atoms with Crippen molar-refractivity contribution in [3.8, 4) is 5.75 Å². The minimum Gasteiger partial charge on any atom is -0.593 e. The molecule has 2 aromatic carbocycles. The van der Waals surface area contributed by atoms with Crippen LogP contribution >= 0.6 is 11.3 Å². The van der Waals surface area contributed by atoms with Crippen LogP contribution in [-0.2, 0) is 16.8 Å². The molecule has 3 aromatic rings. The first-order valence-corrected chi connectivity index (χ1v) is 13.5. The largest absolute Gasteiger partial charge is 0.593 e. The van der Waals surface area contributed by atoms with Crippen LogP contribution in [0.25, 0.3) is 5.70 Å². The molecule has 0 saturated heterocycles. The molecule has 36 heavy (non-hydrogen) atoms. The average molecular weight is 529 g/mol. The average Bonchev–Trinajstić information content (AvgIpc) is 3.33. The third-order valence-corrected chi connectivity index (χ3v) is 6.74. The number of rotatable bonds is 8. The molecule has 0 aliphatic rings. The fourth-order valence-corrected chi connectivity index (χ4v) is 4.48. The number of nitrogens with two attached hydrogens (primary N) is 2. The van der Waals surface area contributed by atoms with Gasteiger partial charge in [0.2, 0.25) is 0 Å². The molecule has 0 aliphatic heterocycles. The van der Waals surface area contributed by atoms with Crippen LogP contribution in [0.15, 0.2) is 48.2 Å². The van der Waals surface area contributed by atoms with Gasteiger partial charge in [0.15, 0.2) is 5.75 Å². The number of nitrogens with zero attached hydrogens (tertiary/aromatic N) is 2. The van der Waals surface area contributed by atoms with Crippen LogP contribution in [-0.4, -0.2) is 28.8 Å². The molecule has 192 valence electrons. The molecule has 6 N–H and O–H groups in total. The molecule has 0 aliphatic carbocycles. The number of carbonyl (C=O) groups excluding carboxylic acids is 1. The van der Waals surface area contributed by atoms with E-state index in [9.17, 15) is 9.35 Å². The summed E-state index contributed by atoms with van der Waals surface area (Å²) in [5.74, 6) is 6.31. The number of ether oxygens (including phenoxy) is 1. The topological polar surface area (TPSA) is 142 Å². The van der Waals surface area contributed by atoms with Crippen molar-refractivity contribution >= 4 is 51.4 Å². The van der Waals surface area contributed by atoms with Crippen molar-refractivity contribution in [2.24, 2.45) is 11.6 Å². The molecule has 11 heteroatoms. The van der Waals surface area contributed by atoms with E-state index in [1.54, 1.807) is 30.0 Å². The Balaban J connectivity index is 1.96. The Hall–Kier alpha value is -3.25. The number of benzene rings is 2. The quantitative estimate of drug-likeness (QED) is 0.192. The van der Waals surface area contributed by atoms with Crippen LogP contribution in [0.3, 0.4) is 0 Å². The second-order valence-corrected chi connectivity index (χ2v) is 11.2. The zero-order valence-electron chi connectivity index (χ0n) is 21.2. The first-order valence-electron chi connectivity index (χ1n) is 11.1.